The van der Waals surface area contributed by atoms with Crippen LogP contribution in [0.5, 0.6) is 0 Å². The molecule has 0 spiro atoms. The van der Waals surface area contributed by atoms with Gasteiger partial charge in [0.25, 0.3) is 0 Å². The number of hydrogen-bond donors (Lipinski definition) is 2. The van der Waals surface area contributed by atoms with Crippen molar-refractivity contribution in [3.63, 3.8) is 0 Å². The molecule has 0 aliphatic rings. The molecule has 90 valence electrons. The molecular weight excluding hydrogens is 190 g/mol. The molecule has 0 aliphatic heterocycles. The highest BCUT2D eigenvalue weighted by molar-refractivity contribution is 5.74. The van der Waals surface area contributed by atoms with E-state index >= 15 is 0 Å². The Morgan fingerprint density at radius 3 is 2.00 bits per heavy atom. The number of aliphatic carboxylic acids is 1. The predicted molar refractivity (Wildman–Crippen MR) is 62.7 cm³/mol. The van der Waals surface area contributed by atoms with E-state index in [1.807, 2.05) is 13.8 Å². The number of rotatable bonds is 6. The molecule has 0 heterocycles. The van der Waals surface area contributed by atoms with Crippen molar-refractivity contribution in [3.8, 4) is 0 Å². The molecule has 3 heteroatoms. The third-order valence-corrected chi connectivity index (χ3v) is 3.66. The van der Waals surface area contributed by atoms with Crippen LogP contribution < -0.4 is 5.73 Å². The van der Waals surface area contributed by atoms with Gasteiger partial charge in [0.2, 0.25) is 0 Å². The average Bonchev–Trinajstić information content (AvgIpc) is 2.15. The van der Waals surface area contributed by atoms with Crippen molar-refractivity contribution in [2.24, 2.45) is 16.6 Å². The summed E-state index contributed by atoms with van der Waals surface area (Å²) in [5, 5.41) is 8.99. The van der Waals surface area contributed by atoms with E-state index in [1.54, 1.807) is 0 Å². The molecule has 0 fully saturated rings. The van der Waals surface area contributed by atoms with E-state index in [9.17, 15) is 4.79 Å². The Morgan fingerprint density at radius 2 is 1.73 bits per heavy atom. The predicted octanol–water partition coefficient (Wildman–Crippen LogP) is 2.64. The smallest absolute Gasteiger partial charge is 0.321 e. The molecule has 0 aliphatic carbocycles. The second kappa shape index (κ2) is 4.97. The van der Waals surface area contributed by atoms with Gasteiger partial charge in [-0.3, -0.25) is 4.79 Å². The lowest BCUT2D eigenvalue weighted by Crippen LogP contribution is -2.47. The SMILES string of the molecule is CCC(C)(C)CC(C)(CC)C(N)C(=O)O. The Hall–Kier alpha value is -0.570. The minimum atomic E-state index is -0.897. The van der Waals surface area contributed by atoms with E-state index in [-0.39, 0.29) is 10.8 Å². The van der Waals surface area contributed by atoms with E-state index in [4.69, 9.17) is 10.8 Å². The number of carbonyl (C=O) groups is 1. The first kappa shape index (κ1) is 14.4. The van der Waals surface area contributed by atoms with Gasteiger partial charge in [-0.25, -0.2) is 0 Å². The van der Waals surface area contributed by atoms with Crippen molar-refractivity contribution in [2.45, 2.75) is 59.9 Å². The average molecular weight is 215 g/mol. The molecule has 0 bridgehead atoms. The van der Waals surface area contributed by atoms with Gasteiger partial charge in [-0.15, -0.1) is 0 Å². The monoisotopic (exact) mass is 215 g/mol. The molecule has 0 saturated heterocycles. The van der Waals surface area contributed by atoms with Crippen LogP contribution in [0.3, 0.4) is 0 Å². The lowest BCUT2D eigenvalue weighted by molar-refractivity contribution is -0.142. The van der Waals surface area contributed by atoms with E-state index < -0.39 is 12.0 Å². The van der Waals surface area contributed by atoms with Crippen LogP contribution in [0.25, 0.3) is 0 Å². The summed E-state index contributed by atoms with van der Waals surface area (Å²) in [7, 11) is 0. The lowest BCUT2D eigenvalue weighted by Gasteiger charge is -2.39. The van der Waals surface area contributed by atoms with E-state index in [0.29, 0.717) is 0 Å². The molecule has 15 heavy (non-hydrogen) atoms. The Balaban J connectivity index is 4.79. The van der Waals surface area contributed by atoms with Gasteiger partial charge in [-0.2, -0.15) is 0 Å². The number of carboxylic acids is 1. The summed E-state index contributed by atoms with van der Waals surface area (Å²) in [5.41, 5.74) is 5.60. The number of nitrogens with two attached hydrogens (primary N) is 1. The molecular formula is C12H25NO2. The summed E-state index contributed by atoms with van der Waals surface area (Å²) in [6, 6.07) is -0.770. The third kappa shape index (κ3) is 3.82. The molecule has 2 unspecified atom stereocenters. The molecule has 0 aromatic rings. The number of carboxylic acid groups (broad SMARTS) is 1. The third-order valence-electron chi connectivity index (χ3n) is 3.66. The summed E-state index contributed by atoms with van der Waals surface area (Å²) in [5.74, 6) is -0.897. The summed E-state index contributed by atoms with van der Waals surface area (Å²) >= 11 is 0. The van der Waals surface area contributed by atoms with Gasteiger partial charge in [0.15, 0.2) is 0 Å². The quantitative estimate of drug-likeness (QED) is 0.716. The maximum absolute atomic E-state index is 11.0. The normalized spacial score (nSPS) is 18.3. The molecule has 3 N–H and O–H groups in total. The largest absolute Gasteiger partial charge is 0.480 e. The molecule has 0 aromatic heterocycles. The van der Waals surface area contributed by atoms with Crippen molar-refractivity contribution in [2.75, 3.05) is 0 Å². The fourth-order valence-corrected chi connectivity index (χ4v) is 1.97. The summed E-state index contributed by atoms with van der Waals surface area (Å²) < 4.78 is 0. The zero-order chi connectivity index (χ0) is 12.3. The molecule has 2 atom stereocenters. The highest BCUT2D eigenvalue weighted by Gasteiger charge is 2.38. The molecule has 3 nitrogen and oxygen atoms in total. The van der Waals surface area contributed by atoms with Crippen molar-refractivity contribution in [3.05, 3.63) is 0 Å². The van der Waals surface area contributed by atoms with Gasteiger partial charge in [0.05, 0.1) is 0 Å². The summed E-state index contributed by atoms with van der Waals surface area (Å²) in [6.45, 7) is 10.4. The van der Waals surface area contributed by atoms with Crippen molar-refractivity contribution in [1.82, 2.24) is 0 Å². The van der Waals surface area contributed by atoms with Gasteiger partial charge in [0, 0.05) is 0 Å². The van der Waals surface area contributed by atoms with Crippen LogP contribution in [0.2, 0.25) is 0 Å². The Kier molecular flexibility index (Phi) is 4.78. The molecule has 0 rings (SSSR count). The first-order valence-corrected chi connectivity index (χ1v) is 5.67. The van der Waals surface area contributed by atoms with Crippen molar-refractivity contribution < 1.29 is 9.90 Å². The topological polar surface area (TPSA) is 63.3 Å². The van der Waals surface area contributed by atoms with Gasteiger partial charge >= 0.3 is 5.97 Å². The van der Waals surface area contributed by atoms with E-state index in [2.05, 4.69) is 20.8 Å². The van der Waals surface area contributed by atoms with Gasteiger partial charge in [-0.1, -0.05) is 41.0 Å². The fourth-order valence-electron chi connectivity index (χ4n) is 1.97. The molecule has 0 aromatic carbocycles. The van der Waals surface area contributed by atoms with E-state index in [1.165, 1.54) is 0 Å². The molecule has 0 amide bonds. The second-order valence-electron chi connectivity index (χ2n) is 5.52. The standard InChI is InChI=1S/C12H25NO2/c1-6-11(3,4)8-12(5,7-2)9(13)10(14)15/h9H,6-8,13H2,1-5H3,(H,14,15). The van der Waals surface area contributed by atoms with Crippen molar-refractivity contribution >= 4 is 5.97 Å². The minimum absolute atomic E-state index is 0.151. The van der Waals surface area contributed by atoms with Gasteiger partial charge in [-0.05, 0) is 23.7 Å². The fraction of sp³-hybridized carbons (Fsp3) is 0.917. The first-order chi connectivity index (χ1) is 6.68. The van der Waals surface area contributed by atoms with Crippen LogP contribution in [0.1, 0.15) is 53.9 Å². The zero-order valence-corrected chi connectivity index (χ0v) is 10.6. The summed E-state index contributed by atoms with van der Waals surface area (Å²) in [6.07, 6.45) is 2.68. The molecule has 0 saturated carbocycles. The van der Waals surface area contributed by atoms with Crippen LogP contribution in [-0.2, 0) is 4.79 Å². The lowest BCUT2D eigenvalue weighted by atomic mass is 9.68. The second-order valence-corrected chi connectivity index (χ2v) is 5.52. The van der Waals surface area contributed by atoms with Crippen LogP contribution in [-0.4, -0.2) is 17.1 Å². The van der Waals surface area contributed by atoms with Crippen LogP contribution >= 0.6 is 0 Å². The Bertz CT molecular complexity index is 226. The first-order valence-electron chi connectivity index (χ1n) is 5.67. The van der Waals surface area contributed by atoms with Crippen LogP contribution in [0.4, 0.5) is 0 Å². The highest BCUT2D eigenvalue weighted by Crippen LogP contribution is 2.40. The zero-order valence-electron chi connectivity index (χ0n) is 10.6. The van der Waals surface area contributed by atoms with Crippen molar-refractivity contribution in [1.29, 1.82) is 0 Å². The van der Waals surface area contributed by atoms with Crippen LogP contribution in [0.15, 0.2) is 0 Å². The molecule has 0 radical (unpaired) electrons. The van der Waals surface area contributed by atoms with E-state index in [0.717, 1.165) is 19.3 Å². The maximum atomic E-state index is 11.0. The highest BCUT2D eigenvalue weighted by atomic mass is 16.4. The maximum Gasteiger partial charge on any atom is 0.321 e. The van der Waals surface area contributed by atoms with Gasteiger partial charge in [0.1, 0.15) is 6.04 Å². The van der Waals surface area contributed by atoms with Crippen LogP contribution in [0, 0.1) is 10.8 Å². The minimum Gasteiger partial charge on any atom is -0.480 e. The number of hydrogen-bond acceptors (Lipinski definition) is 2. The Morgan fingerprint density at radius 1 is 1.27 bits per heavy atom. The Labute approximate surface area is 93.0 Å². The van der Waals surface area contributed by atoms with Gasteiger partial charge < -0.3 is 10.8 Å². The summed E-state index contributed by atoms with van der Waals surface area (Å²) in [4.78, 5) is 11.0.